The van der Waals surface area contributed by atoms with Gasteiger partial charge in [0.25, 0.3) is 0 Å². The average molecular weight is 329 g/mol. The number of halogens is 3. The Morgan fingerprint density at radius 2 is 2.11 bits per heavy atom. The maximum atomic E-state index is 13.0. The highest BCUT2D eigenvalue weighted by Gasteiger charge is 2.19. The van der Waals surface area contributed by atoms with Crippen LogP contribution < -0.4 is 0 Å². The van der Waals surface area contributed by atoms with Crippen molar-refractivity contribution in [2.24, 2.45) is 0 Å². The van der Waals surface area contributed by atoms with E-state index in [2.05, 4.69) is 20.9 Å². The zero-order chi connectivity index (χ0) is 13.1. The van der Waals surface area contributed by atoms with Crippen LogP contribution in [0, 0.1) is 5.95 Å². The van der Waals surface area contributed by atoms with E-state index in [1.54, 1.807) is 30.3 Å². The van der Waals surface area contributed by atoms with E-state index in [0.717, 1.165) is 0 Å². The molecule has 0 fully saturated rings. The van der Waals surface area contributed by atoms with Crippen molar-refractivity contribution in [1.82, 2.24) is 4.98 Å². The number of rotatable bonds is 3. The van der Waals surface area contributed by atoms with Crippen LogP contribution in [0.25, 0.3) is 0 Å². The zero-order valence-corrected chi connectivity index (χ0v) is 11.5. The number of ketones is 1. The number of Topliss-reactive ketones (excluding diaryl/α,β-unsaturated/α-hetero) is 1. The van der Waals surface area contributed by atoms with Crippen LogP contribution >= 0.6 is 27.5 Å². The second-order valence-corrected chi connectivity index (χ2v) is 5.00. The molecule has 1 heterocycles. The maximum Gasteiger partial charge on any atom is 0.213 e. The van der Waals surface area contributed by atoms with Gasteiger partial charge in [0.15, 0.2) is 5.78 Å². The van der Waals surface area contributed by atoms with Crippen LogP contribution in [0.1, 0.15) is 20.7 Å². The van der Waals surface area contributed by atoms with Crippen molar-refractivity contribution in [2.75, 3.05) is 0 Å². The fourth-order valence-electron chi connectivity index (χ4n) is 1.51. The highest BCUT2D eigenvalue weighted by atomic mass is 79.9. The number of aromatic nitrogens is 1. The summed E-state index contributed by atoms with van der Waals surface area (Å²) in [5, 5.41) is 0.487. The standard InChI is InChI=1S/C13H8BrClFNO/c14-12(8-4-5-17-11(16)7-8)13(18)9-2-1-3-10(15)6-9/h1-7,12H/t12-/m0/s1. The summed E-state index contributed by atoms with van der Waals surface area (Å²) < 4.78 is 13.0. The maximum absolute atomic E-state index is 13.0. The highest BCUT2D eigenvalue weighted by Crippen LogP contribution is 2.27. The van der Waals surface area contributed by atoms with Gasteiger partial charge in [-0.2, -0.15) is 4.39 Å². The van der Waals surface area contributed by atoms with Gasteiger partial charge in [-0.3, -0.25) is 4.79 Å². The number of hydrogen-bond acceptors (Lipinski definition) is 2. The molecule has 0 radical (unpaired) electrons. The van der Waals surface area contributed by atoms with Crippen LogP contribution in [0.3, 0.4) is 0 Å². The van der Waals surface area contributed by atoms with Crippen molar-refractivity contribution in [3.05, 3.63) is 64.7 Å². The molecule has 2 nitrogen and oxygen atoms in total. The molecule has 1 atom stereocenters. The monoisotopic (exact) mass is 327 g/mol. The van der Waals surface area contributed by atoms with Crippen molar-refractivity contribution in [1.29, 1.82) is 0 Å². The van der Waals surface area contributed by atoms with Gasteiger partial charge in [-0.1, -0.05) is 39.7 Å². The first-order chi connectivity index (χ1) is 8.58. The molecule has 0 spiro atoms. The third-order valence-corrected chi connectivity index (χ3v) is 3.56. The summed E-state index contributed by atoms with van der Waals surface area (Å²) in [4.78, 5) is 15.0. The van der Waals surface area contributed by atoms with E-state index in [1.165, 1.54) is 12.3 Å². The van der Waals surface area contributed by atoms with Crippen LogP contribution in [-0.2, 0) is 0 Å². The van der Waals surface area contributed by atoms with Crippen molar-refractivity contribution < 1.29 is 9.18 Å². The first-order valence-electron chi connectivity index (χ1n) is 5.13. The van der Waals surface area contributed by atoms with Gasteiger partial charge in [-0.15, -0.1) is 0 Å². The molecule has 0 amide bonds. The number of pyridine rings is 1. The van der Waals surface area contributed by atoms with E-state index in [1.807, 2.05) is 0 Å². The number of benzene rings is 1. The number of hydrogen-bond donors (Lipinski definition) is 0. The van der Waals surface area contributed by atoms with E-state index in [4.69, 9.17) is 11.6 Å². The van der Waals surface area contributed by atoms with E-state index < -0.39 is 10.8 Å². The highest BCUT2D eigenvalue weighted by molar-refractivity contribution is 9.09. The summed E-state index contributed by atoms with van der Waals surface area (Å²) in [6.07, 6.45) is 1.32. The Bertz CT molecular complexity index is 591. The molecular weight excluding hydrogens is 321 g/mol. The Morgan fingerprint density at radius 1 is 1.33 bits per heavy atom. The molecule has 0 unspecified atom stereocenters. The SMILES string of the molecule is O=C(c1cccc(Cl)c1)[C@@H](Br)c1ccnc(F)c1. The first kappa shape index (κ1) is 13.2. The second kappa shape index (κ2) is 5.59. The molecule has 2 aromatic rings. The van der Waals surface area contributed by atoms with Gasteiger partial charge in [0.1, 0.15) is 4.83 Å². The van der Waals surface area contributed by atoms with E-state index in [0.29, 0.717) is 16.1 Å². The van der Waals surface area contributed by atoms with Gasteiger partial charge in [0.05, 0.1) is 0 Å². The smallest absolute Gasteiger partial charge is 0.213 e. The second-order valence-electron chi connectivity index (χ2n) is 3.65. The molecule has 0 aliphatic rings. The van der Waals surface area contributed by atoms with Gasteiger partial charge in [0, 0.05) is 16.8 Å². The topological polar surface area (TPSA) is 30.0 Å². The Hall–Kier alpha value is -1.26. The molecular formula is C13H8BrClFNO. The minimum absolute atomic E-state index is 0.178. The molecule has 0 N–H and O–H groups in total. The summed E-state index contributed by atoms with van der Waals surface area (Å²) in [7, 11) is 0. The molecule has 1 aromatic carbocycles. The minimum atomic E-state index is -0.617. The molecule has 5 heteroatoms. The summed E-state index contributed by atoms with van der Waals surface area (Å²) in [6, 6.07) is 9.44. The van der Waals surface area contributed by atoms with E-state index in [9.17, 15) is 9.18 Å². The lowest BCUT2D eigenvalue weighted by Gasteiger charge is -2.09. The molecule has 92 valence electrons. The van der Waals surface area contributed by atoms with Gasteiger partial charge in [-0.05, 0) is 29.8 Å². The van der Waals surface area contributed by atoms with Gasteiger partial charge < -0.3 is 0 Å². The Kier molecular flexibility index (Phi) is 4.09. The fraction of sp³-hybridized carbons (Fsp3) is 0.0769. The zero-order valence-electron chi connectivity index (χ0n) is 9.11. The quantitative estimate of drug-likeness (QED) is 0.480. The molecule has 0 saturated carbocycles. The van der Waals surface area contributed by atoms with Gasteiger partial charge >= 0.3 is 0 Å². The lowest BCUT2D eigenvalue weighted by Crippen LogP contribution is -2.07. The largest absolute Gasteiger partial charge is 0.293 e. The van der Waals surface area contributed by atoms with Crippen molar-refractivity contribution in [2.45, 2.75) is 4.83 Å². The van der Waals surface area contributed by atoms with Crippen LogP contribution in [0.4, 0.5) is 4.39 Å². The van der Waals surface area contributed by atoms with Gasteiger partial charge in [0.2, 0.25) is 5.95 Å². The van der Waals surface area contributed by atoms with Crippen LogP contribution in [-0.4, -0.2) is 10.8 Å². The van der Waals surface area contributed by atoms with Gasteiger partial charge in [-0.25, -0.2) is 4.98 Å². The normalized spacial score (nSPS) is 12.2. The van der Waals surface area contributed by atoms with Crippen LogP contribution in [0.15, 0.2) is 42.6 Å². The first-order valence-corrected chi connectivity index (χ1v) is 6.42. The molecule has 0 bridgehead atoms. The summed E-state index contributed by atoms with van der Waals surface area (Å²) in [5.41, 5.74) is 0.995. The number of carbonyl (C=O) groups excluding carboxylic acids is 1. The van der Waals surface area contributed by atoms with Crippen molar-refractivity contribution in [3.63, 3.8) is 0 Å². The molecule has 2 rings (SSSR count). The van der Waals surface area contributed by atoms with Crippen molar-refractivity contribution >= 4 is 33.3 Å². The Balaban J connectivity index is 2.29. The number of carbonyl (C=O) groups is 1. The molecule has 0 saturated heterocycles. The lowest BCUT2D eigenvalue weighted by molar-refractivity contribution is 0.0991. The predicted octanol–water partition coefficient (Wildman–Crippen LogP) is 4.19. The molecule has 18 heavy (non-hydrogen) atoms. The molecule has 0 aliphatic heterocycles. The summed E-state index contributed by atoms with van der Waals surface area (Å²) >= 11 is 9.09. The molecule has 1 aromatic heterocycles. The van der Waals surface area contributed by atoms with Crippen LogP contribution in [0.2, 0.25) is 5.02 Å². The fourth-order valence-corrected chi connectivity index (χ4v) is 2.25. The lowest BCUT2D eigenvalue weighted by atomic mass is 10.0. The third-order valence-electron chi connectivity index (χ3n) is 2.38. The predicted molar refractivity (Wildman–Crippen MR) is 71.6 cm³/mol. The molecule has 0 aliphatic carbocycles. The summed E-state index contributed by atoms with van der Waals surface area (Å²) in [5.74, 6) is -0.793. The minimum Gasteiger partial charge on any atom is -0.293 e. The number of nitrogens with zero attached hydrogens (tertiary/aromatic N) is 1. The average Bonchev–Trinajstić information content (AvgIpc) is 2.37. The van der Waals surface area contributed by atoms with Crippen molar-refractivity contribution in [3.8, 4) is 0 Å². The Morgan fingerprint density at radius 3 is 2.78 bits per heavy atom. The van der Waals surface area contributed by atoms with Crippen LogP contribution in [0.5, 0.6) is 0 Å². The van der Waals surface area contributed by atoms with E-state index in [-0.39, 0.29) is 5.78 Å². The Labute approximate surface area is 117 Å². The van der Waals surface area contributed by atoms with E-state index >= 15 is 0 Å². The number of alkyl halides is 1. The third kappa shape index (κ3) is 2.94. The summed E-state index contributed by atoms with van der Waals surface area (Å²) in [6.45, 7) is 0.